The molecule has 6 nitrogen and oxygen atoms in total. The molecule has 1 aromatic heterocycles. The highest BCUT2D eigenvalue weighted by atomic mass is 16.5. The minimum Gasteiger partial charge on any atom is -0.481 e. The fourth-order valence-corrected chi connectivity index (χ4v) is 2.97. The lowest BCUT2D eigenvalue weighted by atomic mass is 10.0. The van der Waals surface area contributed by atoms with Gasteiger partial charge in [-0.2, -0.15) is 4.98 Å². The summed E-state index contributed by atoms with van der Waals surface area (Å²) >= 11 is 0. The Balaban J connectivity index is 1.76. The van der Waals surface area contributed by atoms with Gasteiger partial charge in [-0.1, -0.05) is 47.6 Å². The van der Waals surface area contributed by atoms with Gasteiger partial charge >= 0.3 is 0 Å². The highest BCUT2D eigenvalue weighted by Crippen LogP contribution is 2.22. The van der Waals surface area contributed by atoms with E-state index in [1.165, 1.54) is 0 Å². The van der Waals surface area contributed by atoms with Gasteiger partial charge in [0.25, 0.3) is 5.91 Å². The number of amides is 1. The maximum absolute atomic E-state index is 13.2. The number of nitrogens with zero attached hydrogens (tertiary/aromatic N) is 3. The van der Waals surface area contributed by atoms with Crippen molar-refractivity contribution in [3.8, 4) is 17.1 Å². The van der Waals surface area contributed by atoms with Gasteiger partial charge in [-0.05, 0) is 52.3 Å². The molecule has 0 N–H and O–H groups in total. The summed E-state index contributed by atoms with van der Waals surface area (Å²) in [7, 11) is 0. The van der Waals surface area contributed by atoms with Gasteiger partial charge in [0.15, 0.2) is 6.10 Å². The average Bonchev–Trinajstić information content (AvgIpc) is 3.14. The topological polar surface area (TPSA) is 68.5 Å². The molecular weight excluding hydrogens is 366 g/mol. The van der Waals surface area contributed by atoms with Gasteiger partial charge in [-0.3, -0.25) is 4.79 Å². The molecule has 0 aliphatic heterocycles. The van der Waals surface area contributed by atoms with E-state index in [4.69, 9.17) is 9.26 Å². The Morgan fingerprint density at radius 2 is 1.86 bits per heavy atom. The smallest absolute Gasteiger partial charge is 0.264 e. The molecule has 0 aliphatic rings. The Kier molecular flexibility index (Phi) is 6.01. The van der Waals surface area contributed by atoms with Gasteiger partial charge in [-0.15, -0.1) is 0 Å². The Labute approximate surface area is 171 Å². The standard InChI is InChI=1S/C23H27N3O3/c1-16-10-9-13-19(14-16)28-17(2)22(27)26(23(3,4)5)15-20-24-21(25-29-20)18-11-7-6-8-12-18/h6-14,17H,15H2,1-5H3. The van der Waals surface area contributed by atoms with Crippen LogP contribution in [0.3, 0.4) is 0 Å². The number of ether oxygens (including phenoxy) is 1. The normalized spacial score (nSPS) is 12.4. The Bertz CT molecular complexity index is 961. The molecule has 2 aromatic carbocycles. The maximum Gasteiger partial charge on any atom is 0.264 e. The summed E-state index contributed by atoms with van der Waals surface area (Å²) in [6, 6.07) is 17.3. The summed E-state index contributed by atoms with van der Waals surface area (Å²) in [5.41, 5.74) is 1.50. The van der Waals surface area contributed by atoms with Crippen molar-refractivity contribution in [2.24, 2.45) is 0 Å². The van der Waals surface area contributed by atoms with Gasteiger partial charge in [0, 0.05) is 11.1 Å². The van der Waals surface area contributed by atoms with Crippen LogP contribution >= 0.6 is 0 Å². The molecular formula is C23H27N3O3. The van der Waals surface area contributed by atoms with Crippen LogP contribution in [-0.2, 0) is 11.3 Å². The second-order valence-electron chi connectivity index (χ2n) is 8.05. The third-order valence-corrected chi connectivity index (χ3v) is 4.52. The maximum atomic E-state index is 13.2. The summed E-state index contributed by atoms with van der Waals surface area (Å²) < 4.78 is 11.3. The first-order chi connectivity index (χ1) is 13.7. The lowest BCUT2D eigenvalue weighted by molar-refractivity contribution is -0.144. The Morgan fingerprint density at radius 3 is 2.52 bits per heavy atom. The van der Waals surface area contributed by atoms with Crippen molar-refractivity contribution in [2.75, 3.05) is 0 Å². The van der Waals surface area contributed by atoms with E-state index >= 15 is 0 Å². The number of rotatable bonds is 6. The van der Waals surface area contributed by atoms with Crippen LogP contribution in [-0.4, -0.2) is 32.6 Å². The highest BCUT2D eigenvalue weighted by molar-refractivity contribution is 5.81. The third kappa shape index (κ3) is 5.22. The van der Waals surface area contributed by atoms with Gasteiger partial charge in [0.1, 0.15) is 12.3 Å². The van der Waals surface area contributed by atoms with E-state index in [-0.39, 0.29) is 12.5 Å². The third-order valence-electron chi connectivity index (χ3n) is 4.52. The van der Waals surface area contributed by atoms with E-state index in [1.54, 1.807) is 11.8 Å². The van der Waals surface area contributed by atoms with Crippen LogP contribution in [0.4, 0.5) is 0 Å². The minimum atomic E-state index is -0.646. The lowest BCUT2D eigenvalue weighted by Crippen LogP contribution is -2.50. The van der Waals surface area contributed by atoms with Gasteiger partial charge < -0.3 is 14.2 Å². The number of hydrogen-bond acceptors (Lipinski definition) is 5. The first kappa shape index (κ1) is 20.6. The summed E-state index contributed by atoms with van der Waals surface area (Å²) in [5, 5.41) is 4.05. The minimum absolute atomic E-state index is 0.140. The van der Waals surface area contributed by atoms with E-state index in [0.29, 0.717) is 17.5 Å². The summed E-state index contributed by atoms with van der Waals surface area (Å²) in [4.78, 5) is 19.3. The summed E-state index contributed by atoms with van der Waals surface area (Å²) in [6.45, 7) is 9.87. The summed E-state index contributed by atoms with van der Waals surface area (Å²) in [6.07, 6.45) is -0.646. The number of aromatic nitrogens is 2. The monoisotopic (exact) mass is 393 g/mol. The molecule has 1 amide bonds. The molecule has 1 heterocycles. The molecule has 3 aromatic rings. The number of hydrogen-bond donors (Lipinski definition) is 0. The first-order valence-corrected chi connectivity index (χ1v) is 9.67. The fraction of sp³-hybridized carbons (Fsp3) is 0.348. The molecule has 0 spiro atoms. The van der Waals surface area contributed by atoms with Crippen molar-refractivity contribution in [2.45, 2.75) is 52.8 Å². The van der Waals surface area contributed by atoms with Crippen LogP contribution in [0, 0.1) is 6.92 Å². The molecule has 0 radical (unpaired) electrons. The molecule has 1 atom stereocenters. The van der Waals surface area contributed by atoms with E-state index in [1.807, 2.05) is 82.3 Å². The van der Waals surface area contributed by atoms with Crippen LogP contribution < -0.4 is 4.74 Å². The number of benzene rings is 2. The largest absolute Gasteiger partial charge is 0.481 e. The van der Waals surface area contributed by atoms with Gasteiger partial charge in [0.2, 0.25) is 11.7 Å². The molecule has 0 fully saturated rings. The summed E-state index contributed by atoms with van der Waals surface area (Å²) in [5.74, 6) is 1.42. The number of carbonyl (C=O) groups excluding carboxylic acids is 1. The SMILES string of the molecule is Cc1cccc(OC(C)C(=O)N(Cc2nc(-c3ccccc3)no2)C(C)(C)C)c1. The average molecular weight is 393 g/mol. The van der Waals surface area contributed by atoms with Crippen molar-refractivity contribution < 1.29 is 14.1 Å². The van der Waals surface area contributed by atoms with Crippen molar-refractivity contribution >= 4 is 5.91 Å². The zero-order valence-corrected chi connectivity index (χ0v) is 17.5. The zero-order valence-electron chi connectivity index (χ0n) is 17.5. The van der Waals surface area contributed by atoms with Crippen molar-refractivity contribution in [1.29, 1.82) is 0 Å². The molecule has 1 unspecified atom stereocenters. The lowest BCUT2D eigenvalue weighted by Gasteiger charge is -2.36. The van der Waals surface area contributed by atoms with Gasteiger partial charge in [-0.25, -0.2) is 0 Å². The van der Waals surface area contributed by atoms with Gasteiger partial charge in [0.05, 0.1) is 0 Å². The van der Waals surface area contributed by atoms with Crippen molar-refractivity contribution in [1.82, 2.24) is 15.0 Å². The molecule has 152 valence electrons. The van der Waals surface area contributed by atoms with E-state index in [2.05, 4.69) is 10.1 Å². The fourth-order valence-electron chi connectivity index (χ4n) is 2.97. The van der Waals surface area contributed by atoms with Crippen molar-refractivity contribution in [3.05, 3.63) is 66.1 Å². The van der Waals surface area contributed by atoms with Crippen LogP contribution in [0.5, 0.6) is 5.75 Å². The van der Waals surface area contributed by atoms with Crippen LogP contribution in [0.25, 0.3) is 11.4 Å². The quantitative estimate of drug-likeness (QED) is 0.610. The molecule has 0 saturated carbocycles. The first-order valence-electron chi connectivity index (χ1n) is 9.67. The number of aryl methyl sites for hydroxylation is 1. The highest BCUT2D eigenvalue weighted by Gasteiger charge is 2.32. The molecule has 6 heteroatoms. The van der Waals surface area contributed by atoms with Crippen molar-refractivity contribution in [3.63, 3.8) is 0 Å². The molecule has 29 heavy (non-hydrogen) atoms. The van der Waals surface area contributed by atoms with Crippen LogP contribution in [0.2, 0.25) is 0 Å². The molecule has 3 rings (SSSR count). The Morgan fingerprint density at radius 1 is 1.14 bits per heavy atom. The zero-order chi connectivity index (χ0) is 21.0. The second kappa shape index (κ2) is 8.47. The Hall–Kier alpha value is -3.15. The van der Waals surface area contributed by atoms with Crippen LogP contribution in [0.1, 0.15) is 39.1 Å². The van der Waals surface area contributed by atoms with E-state index in [9.17, 15) is 4.79 Å². The molecule has 0 bridgehead atoms. The predicted molar refractivity (Wildman–Crippen MR) is 111 cm³/mol. The molecule has 0 aliphatic carbocycles. The second-order valence-corrected chi connectivity index (χ2v) is 8.05. The predicted octanol–water partition coefficient (Wildman–Crippen LogP) is 4.64. The van der Waals surface area contributed by atoms with E-state index < -0.39 is 11.6 Å². The van der Waals surface area contributed by atoms with E-state index in [0.717, 1.165) is 11.1 Å². The molecule has 0 saturated heterocycles. The van der Waals surface area contributed by atoms with Crippen LogP contribution in [0.15, 0.2) is 59.1 Å². The number of carbonyl (C=O) groups is 1.